The van der Waals surface area contributed by atoms with Crippen LogP contribution in [0.3, 0.4) is 0 Å². The van der Waals surface area contributed by atoms with Gasteiger partial charge >= 0.3 is 0 Å². The average Bonchev–Trinajstić information content (AvgIpc) is 2.89. The van der Waals surface area contributed by atoms with Gasteiger partial charge in [-0.2, -0.15) is 0 Å². The lowest BCUT2D eigenvalue weighted by Crippen LogP contribution is -2.33. The van der Waals surface area contributed by atoms with Crippen LogP contribution in [0.15, 0.2) is 24.3 Å². The molecule has 22 heavy (non-hydrogen) atoms. The van der Waals surface area contributed by atoms with Crippen LogP contribution in [0.5, 0.6) is 0 Å². The second-order valence-electron chi connectivity index (χ2n) is 6.04. The van der Waals surface area contributed by atoms with Gasteiger partial charge in [0.25, 0.3) is 0 Å². The van der Waals surface area contributed by atoms with Gasteiger partial charge in [0.05, 0.1) is 5.92 Å². The molecule has 0 spiro atoms. The minimum Gasteiger partial charge on any atom is -0.356 e. The van der Waals surface area contributed by atoms with E-state index in [1.54, 1.807) is 4.90 Å². The van der Waals surface area contributed by atoms with Gasteiger partial charge in [0.15, 0.2) is 0 Å². The largest absolute Gasteiger partial charge is 0.356 e. The molecule has 4 nitrogen and oxygen atoms in total. The number of nitrogens with zero attached hydrogens (tertiary/aromatic N) is 1. The predicted molar refractivity (Wildman–Crippen MR) is 88.8 cm³/mol. The number of unbranched alkanes of at least 4 members (excludes halogenated alkanes) is 3. The number of para-hydroxylation sites is 1. The summed E-state index contributed by atoms with van der Waals surface area (Å²) in [5.74, 6) is -0.167. The smallest absolute Gasteiger partial charge is 0.227 e. The van der Waals surface area contributed by atoms with Gasteiger partial charge in [-0.1, -0.05) is 44.4 Å². The Labute approximate surface area is 132 Å². The Bertz CT molecular complexity index is 528. The van der Waals surface area contributed by atoms with Crippen molar-refractivity contribution in [3.63, 3.8) is 0 Å². The molecule has 0 bridgehead atoms. The predicted octanol–water partition coefficient (Wildman–Crippen LogP) is 3.04. The van der Waals surface area contributed by atoms with Crippen molar-refractivity contribution < 1.29 is 9.59 Å². The third-order valence-corrected chi connectivity index (χ3v) is 4.23. The summed E-state index contributed by atoms with van der Waals surface area (Å²) in [5, 5.41) is 2.97. The van der Waals surface area contributed by atoms with E-state index in [2.05, 4.69) is 12.2 Å². The molecule has 0 radical (unpaired) electrons. The quantitative estimate of drug-likeness (QED) is 0.787. The molecule has 1 saturated heterocycles. The van der Waals surface area contributed by atoms with Crippen LogP contribution in [0, 0.1) is 12.8 Å². The highest BCUT2D eigenvalue weighted by Crippen LogP contribution is 2.27. The van der Waals surface area contributed by atoms with E-state index in [1.165, 1.54) is 12.8 Å². The number of aryl methyl sites for hydroxylation is 1. The van der Waals surface area contributed by atoms with E-state index >= 15 is 0 Å². The fraction of sp³-hybridized carbons (Fsp3) is 0.556. The number of hydrogen-bond acceptors (Lipinski definition) is 2. The van der Waals surface area contributed by atoms with Crippen LogP contribution in [0.25, 0.3) is 0 Å². The molecule has 1 heterocycles. The molecule has 1 aliphatic rings. The van der Waals surface area contributed by atoms with Gasteiger partial charge in [-0.3, -0.25) is 9.59 Å². The monoisotopic (exact) mass is 302 g/mol. The zero-order valence-corrected chi connectivity index (χ0v) is 13.6. The van der Waals surface area contributed by atoms with E-state index < -0.39 is 0 Å². The zero-order valence-electron chi connectivity index (χ0n) is 13.6. The first kappa shape index (κ1) is 16.5. The summed E-state index contributed by atoms with van der Waals surface area (Å²) in [6.07, 6.45) is 4.88. The maximum absolute atomic E-state index is 12.2. The molecular weight excluding hydrogens is 276 g/mol. The van der Waals surface area contributed by atoms with Gasteiger partial charge in [-0.15, -0.1) is 0 Å². The minimum atomic E-state index is -0.224. The number of benzene rings is 1. The summed E-state index contributed by atoms with van der Waals surface area (Å²) < 4.78 is 0. The molecule has 1 unspecified atom stereocenters. The first-order valence-electron chi connectivity index (χ1n) is 8.27. The van der Waals surface area contributed by atoms with Gasteiger partial charge < -0.3 is 10.2 Å². The van der Waals surface area contributed by atoms with Crippen LogP contribution in [0.2, 0.25) is 0 Å². The highest BCUT2D eigenvalue weighted by molar-refractivity contribution is 6.00. The molecule has 1 aromatic rings. The first-order chi connectivity index (χ1) is 10.6. The molecule has 120 valence electrons. The topological polar surface area (TPSA) is 49.4 Å². The fourth-order valence-corrected chi connectivity index (χ4v) is 2.89. The average molecular weight is 302 g/mol. The third kappa shape index (κ3) is 4.09. The van der Waals surface area contributed by atoms with Crippen LogP contribution < -0.4 is 10.2 Å². The Kier molecular flexibility index (Phi) is 5.99. The fourth-order valence-electron chi connectivity index (χ4n) is 2.89. The molecule has 1 aromatic carbocycles. The number of amides is 2. The zero-order chi connectivity index (χ0) is 15.9. The molecule has 0 aliphatic carbocycles. The van der Waals surface area contributed by atoms with Crippen molar-refractivity contribution in [2.45, 2.75) is 46.0 Å². The van der Waals surface area contributed by atoms with E-state index in [4.69, 9.17) is 0 Å². The lowest BCUT2D eigenvalue weighted by Gasteiger charge is -2.18. The summed E-state index contributed by atoms with van der Waals surface area (Å²) in [6.45, 7) is 5.37. The Morgan fingerprint density at radius 3 is 2.77 bits per heavy atom. The van der Waals surface area contributed by atoms with E-state index in [0.29, 0.717) is 19.5 Å². The van der Waals surface area contributed by atoms with Crippen molar-refractivity contribution in [3.05, 3.63) is 29.8 Å². The van der Waals surface area contributed by atoms with E-state index in [1.807, 2.05) is 31.2 Å². The van der Waals surface area contributed by atoms with Crippen molar-refractivity contribution >= 4 is 17.5 Å². The second kappa shape index (κ2) is 7.97. The van der Waals surface area contributed by atoms with E-state index in [9.17, 15) is 9.59 Å². The number of anilines is 1. The molecule has 1 atom stereocenters. The molecule has 1 aliphatic heterocycles. The van der Waals surface area contributed by atoms with Crippen molar-refractivity contribution in [2.75, 3.05) is 18.0 Å². The van der Waals surface area contributed by atoms with Crippen LogP contribution in [-0.4, -0.2) is 24.9 Å². The van der Waals surface area contributed by atoms with Crippen LogP contribution in [-0.2, 0) is 9.59 Å². The Morgan fingerprint density at radius 2 is 2.05 bits per heavy atom. The molecule has 0 saturated carbocycles. The number of rotatable bonds is 7. The van der Waals surface area contributed by atoms with Crippen molar-refractivity contribution in [1.29, 1.82) is 0 Å². The standard InChI is InChI=1S/C18H26N2O2/c1-3-4-5-8-11-19-18(22)15-12-17(21)20(13-15)16-10-7-6-9-14(16)2/h6-7,9-10,15H,3-5,8,11-13H2,1-2H3,(H,19,22). The summed E-state index contributed by atoms with van der Waals surface area (Å²) >= 11 is 0. The van der Waals surface area contributed by atoms with Crippen molar-refractivity contribution in [1.82, 2.24) is 5.32 Å². The van der Waals surface area contributed by atoms with Crippen LogP contribution in [0.1, 0.15) is 44.6 Å². The maximum atomic E-state index is 12.2. The molecule has 4 heteroatoms. The Balaban J connectivity index is 1.87. The highest BCUT2D eigenvalue weighted by Gasteiger charge is 2.35. The first-order valence-corrected chi connectivity index (χ1v) is 8.27. The summed E-state index contributed by atoms with van der Waals surface area (Å²) in [4.78, 5) is 26.1. The molecular formula is C18H26N2O2. The summed E-state index contributed by atoms with van der Waals surface area (Å²) in [6, 6.07) is 7.82. The van der Waals surface area contributed by atoms with Crippen molar-refractivity contribution in [2.24, 2.45) is 5.92 Å². The van der Waals surface area contributed by atoms with Gasteiger partial charge in [0.1, 0.15) is 0 Å². The van der Waals surface area contributed by atoms with Gasteiger partial charge in [0.2, 0.25) is 11.8 Å². The maximum Gasteiger partial charge on any atom is 0.227 e. The van der Waals surface area contributed by atoms with Gasteiger partial charge in [-0.25, -0.2) is 0 Å². The molecule has 1 fully saturated rings. The van der Waals surface area contributed by atoms with E-state index in [0.717, 1.165) is 24.1 Å². The van der Waals surface area contributed by atoms with Gasteiger partial charge in [-0.05, 0) is 25.0 Å². The number of carbonyl (C=O) groups is 2. The lowest BCUT2D eigenvalue weighted by molar-refractivity contribution is -0.126. The highest BCUT2D eigenvalue weighted by atomic mass is 16.2. The summed E-state index contributed by atoms with van der Waals surface area (Å²) in [5.41, 5.74) is 1.99. The Morgan fingerprint density at radius 1 is 1.27 bits per heavy atom. The number of hydrogen-bond donors (Lipinski definition) is 1. The van der Waals surface area contributed by atoms with Gasteiger partial charge in [0, 0.05) is 25.2 Å². The lowest BCUT2D eigenvalue weighted by atomic mass is 10.1. The van der Waals surface area contributed by atoms with E-state index in [-0.39, 0.29) is 17.7 Å². The molecule has 1 N–H and O–H groups in total. The normalized spacial score (nSPS) is 17.8. The van der Waals surface area contributed by atoms with Crippen LogP contribution in [0.4, 0.5) is 5.69 Å². The molecule has 2 amide bonds. The molecule has 2 rings (SSSR count). The van der Waals surface area contributed by atoms with Crippen molar-refractivity contribution in [3.8, 4) is 0 Å². The summed E-state index contributed by atoms with van der Waals surface area (Å²) in [7, 11) is 0. The number of carbonyl (C=O) groups excluding carboxylic acids is 2. The van der Waals surface area contributed by atoms with Crippen LogP contribution >= 0.6 is 0 Å². The number of nitrogens with one attached hydrogen (secondary N) is 1. The molecule has 0 aromatic heterocycles. The SMILES string of the molecule is CCCCCCNC(=O)C1CC(=O)N(c2ccccc2C)C1. The second-order valence-corrected chi connectivity index (χ2v) is 6.04. The minimum absolute atomic E-state index is 0.0148. The Hall–Kier alpha value is -1.84. The third-order valence-electron chi connectivity index (χ3n) is 4.23.